The molecule has 2 aromatic carbocycles. The van der Waals surface area contributed by atoms with Crippen molar-refractivity contribution in [3.8, 4) is 5.75 Å². The van der Waals surface area contributed by atoms with Gasteiger partial charge in [0.2, 0.25) is 0 Å². The van der Waals surface area contributed by atoms with Crippen molar-refractivity contribution in [2.24, 2.45) is 0 Å². The highest BCUT2D eigenvalue weighted by Crippen LogP contribution is 2.40. The number of benzene rings is 2. The van der Waals surface area contributed by atoms with E-state index in [1.165, 1.54) is 23.3 Å². The molecule has 0 radical (unpaired) electrons. The molecule has 2 N–H and O–H groups in total. The molecule has 1 aromatic heterocycles. The van der Waals surface area contributed by atoms with Crippen LogP contribution in [0.2, 0.25) is 5.02 Å². The molecular formula is C22H16ClNO5. The van der Waals surface area contributed by atoms with Crippen LogP contribution in [0.15, 0.2) is 76.9 Å². The summed E-state index contributed by atoms with van der Waals surface area (Å²) in [5.74, 6) is -1.27. The van der Waals surface area contributed by atoms with E-state index in [0.29, 0.717) is 21.9 Å². The van der Waals surface area contributed by atoms with Crippen molar-refractivity contribution in [1.29, 1.82) is 0 Å². The molecule has 1 fully saturated rings. The highest BCUT2D eigenvalue weighted by Gasteiger charge is 2.46. The maximum atomic E-state index is 12.9. The first-order chi connectivity index (χ1) is 14.0. The van der Waals surface area contributed by atoms with Crippen LogP contribution in [0.1, 0.15) is 22.9 Å². The first-order valence-electron chi connectivity index (χ1n) is 8.81. The van der Waals surface area contributed by atoms with Crippen LogP contribution in [0.25, 0.3) is 5.76 Å². The van der Waals surface area contributed by atoms with Gasteiger partial charge in [0, 0.05) is 10.6 Å². The fourth-order valence-electron chi connectivity index (χ4n) is 3.38. The molecule has 7 heteroatoms. The van der Waals surface area contributed by atoms with E-state index in [-0.39, 0.29) is 23.6 Å². The number of ketones is 1. The fourth-order valence-corrected chi connectivity index (χ4v) is 3.51. The molecule has 1 atom stereocenters. The zero-order valence-electron chi connectivity index (χ0n) is 15.1. The van der Waals surface area contributed by atoms with Crippen LogP contribution >= 0.6 is 11.6 Å². The predicted octanol–water partition coefficient (Wildman–Crippen LogP) is 4.26. The number of aliphatic hydroxyl groups excluding tert-OH is 1. The van der Waals surface area contributed by atoms with Crippen LogP contribution in [-0.4, -0.2) is 26.8 Å². The van der Waals surface area contributed by atoms with Gasteiger partial charge in [-0.1, -0.05) is 23.7 Å². The summed E-state index contributed by atoms with van der Waals surface area (Å²) < 4.78 is 5.34. The second-order valence-electron chi connectivity index (χ2n) is 6.60. The zero-order valence-corrected chi connectivity index (χ0v) is 15.8. The number of hydrogen-bond donors (Lipinski definition) is 2. The van der Waals surface area contributed by atoms with Gasteiger partial charge in [-0.25, -0.2) is 0 Å². The van der Waals surface area contributed by atoms with Crippen molar-refractivity contribution in [3.63, 3.8) is 0 Å². The highest BCUT2D eigenvalue weighted by atomic mass is 35.5. The fraction of sp³-hybridized carbons (Fsp3) is 0.0909. The number of aromatic hydroxyl groups is 1. The molecule has 146 valence electrons. The summed E-state index contributed by atoms with van der Waals surface area (Å²) >= 11 is 5.91. The van der Waals surface area contributed by atoms with Gasteiger partial charge in [-0.15, -0.1) is 0 Å². The van der Waals surface area contributed by atoms with Crippen LogP contribution < -0.4 is 0 Å². The third-order valence-corrected chi connectivity index (χ3v) is 5.02. The first kappa shape index (κ1) is 18.8. The summed E-state index contributed by atoms with van der Waals surface area (Å²) in [6.07, 6.45) is 1.48. The number of furan rings is 1. The molecule has 1 unspecified atom stereocenters. The van der Waals surface area contributed by atoms with Crippen molar-refractivity contribution >= 4 is 29.1 Å². The van der Waals surface area contributed by atoms with E-state index in [1.54, 1.807) is 48.5 Å². The Hall–Kier alpha value is -3.51. The second-order valence-corrected chi connectivity index (χ2v) is 7.04. The number of rotatable bonds is 4. The maximum absolute atomic E-state index is 12.9. The number of aliphatic hydroxyl groups is 1. The molecule has 29 heavy (non-hydrogen) atoms. The van der Waals surface area contributed by atoms with Gasteiger partial charge >= 0.3 is 0 Å². The van der Waals surface area contributed by atoms with Crippen molar-refractivity contribution < 1.29 is 24.2 Å². The normalized spacial score (nSPS) is 18.4. The van der Waals surface area contributed by atoms with Crippen molar-refractivity contribution in [3.05, 3.63) is 94.4 Å². The predicted molar refractivity (Wildman–Crippen MR) is 106 cm³/mol. The Morgan fingerprint density at radius 2 is 1.72 bits per heavy atom. The quantitative estimate of drug-likeness (QED) is 0.381. The average molecular weight is 410 g/mol. The number of nitrogens with zero attached hydrogens (tertiary/aromatic N) is 1. The number of hydrogen-bond acceptors (Lipinski definition) is 5. The Morgan fingerprint density at radius 3 is 2.34 bits per heavy atom. The Bertz CT molecular complexity index is 1090. The number of likely N-dealkylation sites (tertiary alicyclic amines) is 1. The minimum Gasteiger partial charge on any atom is -0.508 e. The molecule has 0 aliphatic carbocycles. The summed E-state index contributed by atoms with van der Waals surface area (Å²) in [7, 11) is 0. The number of amides is 1. The lowest BCUT2D eigenvalue weighted by Crippen LogP contribution is -2.29. The smallest absolute Gasteiger partial charge is 0.296 e. The third kappa shape index (κ3) is 3.50. The van der Waals surface area contributed by atoms with Crippen LogP contribution in [0.4, 0.5) is 0 Å². The summed E-state index contributed by atoms with van der Waals surface area (Å²) in [5.41, 5.74) is 0.910. The molecule has 6 nitrogen and oxygen atoms in total. The lowest BCUT2D eigenvalue weighted by atomic mass is 9.95. The van der Waals surface area contributed by atoms with Gasteiger partial charge in [0.05, 0.1) is 24.4 Å². The van der Waals surface area contributed by atoms with Crippen LogP contribution in [0, 0.1) is 0 Å². The van der Waals surface area contributed by atoms with Gasteiger partial charge in [-0.3, -0.25) is 9.59 Å². The average Bonchev–Trinajstić information content (AvgIpc) is 3.31. The van der Waals surface area contributed by atoms with Gasteiger partial charge in [0.1, 0.15) is 17.3 Å². The minimum atomic E-state index is -0.837. The standard InChI is InChI=1S/C22H16ClNO5/c23-15-7-3-14(4-8-15)20(26)18-19(13-5-9-16(25)10-6-13)24(22(28)21(18)27)12-17-2-1-11-29-17/h1-11,19,25-26H,12H2/b20-18-. The monoisotopic (exact) mass is 409 g/mol. The molecule has 2 heterocycles. The van der Waals surface area contributed by atoms with Crippen molar-refractivity contribution in [1.82, 2.24) is 4.90 Å². The van der Waals surface area contributed by atoms with Crippen LogP contribution in [0.5, 0.6) is 5.75 Å². The number of phenolic OH excluding ortho intramolecular Hbond substituents is 1. The summed E-state index contributed by atoms with van der Waals surface area (Å²) in [4.78, 5) is 27.0. The van der Waals surface area contributed by atoms with E-state index < -0.39 is 17.7 Å². The van der Waals surface area contributed by atoms with Gasteiger partial charge < -0.3 is 19.5 Å². The van der Waals surface area contributed by atoms with Crippen molar-refractivity contribution in [2.75, 3.05) is 0 Å². The van der Waals surface area contributed by atoms with E-state index in [0.717, 1.165) is 0 Å². The molecule has 0 saturated carbocycles. The topological polar surface area (TPSA) is 91.0 Å². The second kappa shape index (κ2) is 7.48. The van der Waals surface area contributed by atoms with Gasteiger partial charge in [0.15, 0.2) is 0 Å². The van der Waals surface area contributed by atoms with E-state index in [2.05, 4.69) is 0 Å². The summed E-state index contributed by atoms with van der Waals surface area (Å²) in [6, 6.07) is 15.0. The zero-order chi connectivity index (χ0) is 20.5. The van der Waals surface area contributed by atoms with E-state index in [1.807, 2.05) is 0 Å². The largest absolute Gasteiger partial charge is 0.508 e. The molecule has 1 aliphatic heterocycles. The SMILES string of the molecule is O=C1C(=O)N(Cc2ccco2)C(c2ccc(O)cc2)/C1=C(/O)c1ccc(Cl)cc1. The number of carbonyl (C=O) groups excluding carboxylic acids is 2. The van der Waals surface area contributed by atoms with Gasteiger partial charge in [0.25, 0.3) is 11.7 Å². The molecule has 0 bridgehead atoms. The Balaban J connectivity index is 1.86. The lowest BCUT2D eigenvalue weighted by molar-refractivity contribution is -0.140. The molecule has 0 spiro atoms. The summed E-state index contributed by atoms with van der Waals surface area (Å²) in [5, 5.41) is 21.0. The van der Waals surface area contributed by atoms with Gasteiger partial charge in [-0.2, -0.15) is 0 Å². The van der Waals surface area contributed by atoms with Gasteiger partial charge in [-0.05, 0) is 54.1 Å². The molecule has 3 aromatic rings. The summed E-state index contributed by atoms with van der Waals surface area (Å²) in [6.45, 7) is 0.0561. The maximum Gasteiger partial charge on any atom is 0.296 e. The molecule has 1 saturated heterocycles. The molecule has 1 aliphatic rings. The number of halogens is 1. The molecule has 1 amide bonds. The first-order valence-corrected chi connectivity index (χ1v) is 9.19. The van der Waals surface area contributed by atoms with Crippen LogP contribution in [0.3, 0.4) is 0 Å². The lowest BCUT2D eigenvalue weighted by Gasteiger charge is -2.24. The number of carbonyl (C=O) groups is 2. The Labute approximate surface area is 171 Å². The van der Waals surface area contributed by atoms with E-state index >= 15 is 0 Å². The highest BCUT2D eigenvalue weighted by molar-refractivity contribution is 6.46. The Kier molecular flexibility index (Phi) is 4.86. The minimum absolute atomic E-state index is 0.0328. The number of phenols is 1. The molecular weight excluding hydrogens is 394 g/mol. The van der Waals surface area contributed by atoms with E-state index in [9.17, 15) is 19.8 Å². The Morgan fingerprint density at radius 1 is 1.03 bits per heavy atom. The van der Waals surface area contributed by atoms with Crippen LogP contribution in [-0.2, 0) is 16.1 Å². The third-order valence-electron chi connectivity index (χ3n) is 4.77. The molecule has 4 rings (SSSR count). The van der Waals surface area contributed by atoms with Crippen molar-refractivity contribution in [2.45, 2.75) is 12.6 Å². The van der Waals surface area contributed by atoms with E-state index in [4.69, 9.17) is 16.0 Å². The number of Topliss-reactive ketones (excluding diaryl/α,β-unsaturated/α-hetero) is 1.